The highest BCUT2D eigenvalue weighted by Gasteiger charge is 2.15. The van der Waals surface area contributed by atoms with Gasteiger partial charge in [0.05, 0.1) is 29.3 Å². The number of carbonyl (C=O) groups excluding carboxylic acids is 1. The molecular formula is C17H11BrN2O2S. The summed E-state index contributed by atoms with van der Waals surface area (Å²) in [5.74, 6) is -0.0520. The summed E-state index contributed by atoms with van der Waals surface area (Å²) in [6.45, 7) is 0. The maximum Gasteiger partial charge on any atom is 0.202 e. The van der Waals surface area contributed by atoms with Crippen molar-refractivity contribution in [3.05, 3.63) is 62.9 Å². The average molecular weight is 387 g/mol. The van der Waals surface area contributed by atoms with Crippen molar-refractivity contribution in [2.75, 3.05) is 12.6 Å². The highest BCUT2D eigenvalue weighted by Crippen LogP contribution is 2.35. The summed E-state index contributed by atoms with van der Waals surface area (Å²) in [5.41, 5.74) is 4.70. The molecule has 0 aliphatic carbocycles. The topological polar surface area (TPSA) is 62.1 Å². The molecule has 3 aromatic rings. The minimum absolute atomic E-state index is 0.0520. The number of carbonyl (C=O) groups is 1. The summed E-state index contributed by atoms with van der Waals surface area (Å²) in [7, 11) is 1.55. The SMILES string of the molecule is CONc1cc(Br)c2cc(C(=O)c3ccc(C#N)cc3)sc2c1. The van der Waals surface area contributed by atoms with Crippen molar-refractivity contribution in [2.45, 2.75) is 0 Å². The van der Waals surface area contributed by atoms with E-state index in [0.717, 1.165) is 20.2 Å². The molecule has 0 atom stereocenters. The molecule has 23 heavy (non-hydrogen) atoms. The second-order valence-corrected chi connectivity index (χ2v) is 6.74. The first-order valence-electron chi connectivity index (χ1n) is 6.69. The van der Waals surface area contributed by atoms with Gasteiger partial charge >= 0.3 is 0 Å². The van der Waals surface area contributed by atoms with Gasteiger partial charge in [-0.05, 0) is 42.5 Å². The largest absolute Gasteiger partial charge is 0.288 e. The number of rotatable bonds is 4. The van der Waals surface area contributed by atoms with Gasteiger partial charge in [-0.3, -0.25) is 15.1 Å². The van der Waals surface area contributed by atoms with Crippen molar-refractivity contribution >= 4 is 48.8 Å². The second kappa shape index (κ2) is 6.50. The summed E-state index contributed by atoms with van der Waals surface area (Å²) in [6.07, 6.45) is 0. The molecule has 0 bridgehead atoms. The summed E-state index contributed by atoms with van der Waals surface area (Å²) in [6, 6.07) is 14.4. The van der Waals surface area contributed by atoms with Crippen LogP contribution in [0, 0.1) is 11.3 Å². The molecule has 1 aromatic heterocycles. The molecule has 2 aromatic carbocycles. The van der Waals surface area contributed by atoms with Gasteiger partial charge in [0, 0.05) is 20.1 Å². The first-order valence-corrected chi connectivity index (χ1v) is 8.30. The zero-order valence-electron chi connectivity index (χ0n) is 12.1. The summed E-state index contributed by atoms with van der Waals surface area (Å²) < 4.78 is 1.88. The number of fused-ring (bicyclic) bond motifs is 1. The Labute approximate surface area is 145 Å². The van der Waals surface area contributed by atoms with Crippen molar-refractivity contribution in [1.29, 1.82) is 5.26 Å². The molecule has 1 heterocycles. The number of hydrogen-bond donors (Lipinski definition) is 1. The maximum absolute atomic E-state index is 12.6. The molecule has 0 spiro atoms. The highest BCUT2D eigenvalue weighted by molar-refractivity contribution is 9.10. The van der Waals surface area contributed by atoms with Crippen LogP contribution in [0.2, 0.25) is 0 Å². The van der Waals surface area contributed by atoms with Crippen LogP contribution in [-0.4, -0.2) is 12.9 Å². The first kappa shape index (κ1) is 15.7. The van der Waals surface area contributed by atoms with Crippen LogP contribution in [0.15, 0.2) is 46.9 Å². The van der Waals surface area contributed by atoms with Crippen LogP contribution in [0.25, 0.3) is 10.1 Å². The summed E-state index contributed by atoms with van der Waals surface area (Å²) in [5, 5.41) is 9.81. The molecule has 1 N–H and O–H groups in total. The van der Waals surface area contributed by atoms with Gasteiger partial charge in [0.25, 0.3) is 0 Å². The van der Waals surface area contributed by atoms with Crippen molar-refractivity contribution < 1.29 is 9.63 Å². The Balaban J connectivity index is 2.00. The van der Waals surface area contributed by atoms with Gasteiger partial charge in [-0.2, -0.15) is 5.26 Å². The number of benzene rings is 2. The molecule has 0 fully saturated rings. The number of nitrogens with zero attached hydrogens (tertiary/aromatic N) is 1. The number of nitriles is 1. The highest BCUT2D eigenvalue weighted by atomic mass is 79.9. The van der Waals surface area contributed by atoms with Crippen molar-refractivity contribution in [3.63, 3.8) is 0 Å². The van der Waals surface area contributed by atoms with Crippen LogP contribution in [-0.2, 0) is 4.84 Å². The Hall–Kier alpha value is -2.20. The minimum atomic E-state index is -0.0520. The lowest BCUT2D eigenvalue weighted by molar-refractivity contribution is 0.104. The number of hydrogen-bond acceptors (Lipinski definition) is 5. The van der Waals surface area contributed by atoms with Crippen LogP contribution in [0.1, 0.15) is 20.8 Å². The van der Waals surface area contributed by atoms with Crippen molar-refractivity contribution in [1.82, 2.24) is 0 Å². The number of anilines is 1. The predicted molar refractivity (Wildman–Crippen MR) is 94.7 cm³/mol. The first-order chi connectivity index (χ1) is 11.1. The van der Waals surface area contributed by atoms with E-state index in [1.807, 2.05) is 24.3 Å². The van der Waals surface area contributed by atoms with E-state index in [1.165, 1.54) is 11.3 Å². The van der Waals surface area contributed by atoms with Crippen LogP contribution in [0.4, 0.5) is 5.69 Å². The van der Waals surface area contributed by atoms with Crippen LogP contribution in [0.5, 0.6) is 0 Å². The minimum Gasteiger partial charge on any atom is -0.288 e. The van der Waals surface area contributed by atoms with E-state index in [0.29, 0.717) is 16.0 Å². The Kier molecular flexibility index (Phi) is 4.44. The third-order valence-electron chi connectivity index (χ3n) is 3.31. The molecule has 0 unspecified atom stereocenters. The normalized spacial score (nSPS) is 10.5. The number of thiophene rings is 1. The van der Waals surface area contributed by atoms with Gasteiger partial charge in [-0.25, -0.2) is 0 Å². The second-order valence-electron chi connectivity index (χ2n) is 4.80. The lowest BCUT2D eigenvalue weighted by Gasteiger charge is -2.03. The van der Waals surface area contributed by atoms with E-state index in [9.17, 15) is 4.79 Å². The van der Waals surface area contributed by atoms with E-state index in [2.05, 4.69) is 21.4 Å². The Morgan fingerprint density at radius 3 is 2.65 bits per heavy atom. The van der Waals surface area contributed by atoms with Gasteiger partial charge in [0.15, 0.2) is 0 Å². The molecule has 6 heteroatoms. The Morgan fingerprint density at radius 1 is 1.26 bits per heavy atom. The molecule has 0 radical (unpaired) electrons. The van der Waals surface area contributed by atoms with E-state index < -0.39 is 0 Å². The smallest absolute Gasteiger partial charge is 0.202 e. The lowest BCUT2D eigenvalue weighted by atomic mass is 10.1. The van der Waals surface area contributed by atoms with Gasteiger partial charge in [-0.1, -0.05) is 15.9 Å². The maximum atomic E-state index is 12.6. The number of nitrogens with one attached hydrogen (secondary N) is 1. The van der Waals surface area contributed by atoms with E-state index in [1.54, 1.807) is 31.4 Å². The Bertz CT molecular complexity index is 926. The van der Waals surface area contributed by atoms with Crippen LogP contribution in [0.3, 0.4) is 0 Å². The fraction of sp³-hybridized carbons (Fsp3) is 0.0588. The van der Waals surface area contributed by atoms with Gasteiger partial charge in [-0.15, -0.1) is 11.3 Å². The predicted octanol–water partition coefficient (Wildman–Crippen LogP) is 4.74. The molecule has 0 aliphatic rings. The number of ketones is 1. The number of halogens is 1. The third kappa shape index (κ3) is 3.13. The molecule has 0 saturated heterocycles. The fourth-order valence-corrected chi connectivity index (χ4v) is 4.02. The van der Waals surface area contributed by atoms with Crippen LogP contribution < -0.4 is 5.48 Å². The third-order valence-corrected chi connectivity index (χ3v) is 5.04. The van der Waals surface area contributed by atoms with Crippen molar-refractivity contribution in [3.8, 4) is 6.07 Å². The zero-order valence-corrected chi connectivity index (χ0v) is 14.5. The molecule has 114 valence electrons. The van der Waals surface area contributed by atoms with Gasteiger partial charge in [0.1, 0.15) is 0 Å². The average Bonchev–Trinajstić information content (AvgIpc) is 2.99. The van der Waals surface area contributed by atoms with Crippen LogP contribution >= 0.6 is 27.3 Å². The standard InChI is InChI=1S/C17H11BrN2O2S/c1-22-20-12-6-14(18)13-8-16(23-15(13)7-12)17(21)11-4-2-10(9-19)3-5-11/h2-8,20H,1H3. The van der Waals surface area contributed by atoms with E-state index >= 15 is 0 Å². The van der Waals surface area contributed by atoms with Gasteiger partial charge < -0.3 is 0 Å². The fourth-order valence-electron chi connectivity index (χ4n) is 2.22. The van der Waals surface area contributed by atoms with E-state index in [-0.39, 0.29) is 5.78 Å². The molecule has 4 nitrogen and oxygen atoms in total. The quantitative estimate of drug-likeness (QED) is 0.519. The zero-order chi connectivity index (χ0) is 16.4. The Morgan fingerprint density at radius 2 is 2.00 bits per heavy atom. The van der Waals surface area contributed by atoms with E-state index in [4.69, 9.17) is 10.1 Å². The van der Waals surface area contributed by atoms with Gasteiger partial charge in [0.2, 0.25) is 5.78 Å². The molecule has 0 aliphatic heterocycles. The van der Waals surface area contributed by atoms with Crippen molar-refractivity contribution in [2.24, 2.45) is 0 Å². The molecular weight excluding hydrogens is 376 g/mol. The summed E-state index contributed by atoms with van der Waals surface area (Å²) >= 11 is 4.94. The summed E-state index contributed by atoms with van der Waals surface area (Å²) in [4.78, 5) is 18.2. The molecule has 0 saturated carbocycles. The molecule has 0 amide bonds. The monoisotopic (exact) mass is 386 g/mol. The lowest BCUT2D eigenvalue weighted by Crippen LogP contribution is -1.97. The molecule has 3 rings (SSSR count).